The molecule has 0 saturated carbocycles. The minimum Gasteiger partial charge on any atom is -0.508 e. The highest BCUT2D eigenvalue weighted by Crippen LogP contribution is 2.21. The summed E-state index contributed by atoms with van der Waals surface area (Å²) in [7, 11) is 0. The molecule has 7 atom stereocenters. The third-order valence-electron chi connectivity index (χ3n) is 13.4. The van der Waals surface area contributed by atoms with Crippen molar-refractivity contribution in [1.82, 2.24) is 41.7 Å². The van der Waals surface area contributed by atoms with E-state index in [1.165, 1.54) is 41.3 Å². The van der Waals surface area contributed by atoms with Gasteiger partial charge >= 0.3 is 0 Å². The Kier molecular flexibility index (Phi) is 26.5. The number of guanidine groups is 2. The van der Waals surface area contributed by atoms with Gasteiger partial charge in [-0.2, -0.15) is 0 Å². The van der Waals surface area contributed by atoms with Crippen molar-refractivity contribution in [3.8, 4) is 11.5 Å². The van der Waals surface area contributed by atoms with Crippen molar-refractivity contribution < 1.29 is 58.2 Å². The molecule has 2 aromatic rings. The van der Waals surface area contributed by atoms with Gasteiger partial charge in [-0.15, -0.1) is 0 Å². The molecule has 10 amide bonds. The summed E-state index contributed by atoms with van der Waals surface area (Å²) < 4.78 is 0. The zero-order chi connectivity index (χ0) is 60.5. The van der Waals surface area contributed by atoms with Gasteiger partial charge in [-0.05, 0) is 112 Å². The van der Waals surface area contributed by atoms with E-state index in [2.05, 4.69) is 41.9 Å². The lowest BCUT2D eigenvalue weighted by Gasteiger charge is -2.29. The molecular weight excluding hydrogens is 1060 g/mol. The average Bonchev–Trinajstić information content (AvgIpc) is 4.11. The number of phenolic OH excluding ortho intramolecular Hbond substituents is 2. The van der Waals surface area contributed by atoms with Gasteiger partial charge in [0.25, 0.3) is 11.8 Å². The van der Waals surface area contributed by atoms with Crippen molar-refractivity contribution in [2.24, 2.45) is 50.3 Å². The molecule has 2 aromatic carbocycles. The smallest absolute Gasteiger partial charge is 0.253 e. The first-order valence-electron chi connectivity index (χ1n) is 27.3. The fraction of sp³-hybridized carbons (Fsp3) is 0.519. The summed E-state index contributed by atoms with van der Waals surface area (Å²) in [5.41, 5.74) is 34.6. The SMILES string of the molecule is CC(C)C[C@H](NC(=O)[C@H](CCCCN)NC(=O)[C@H](CCCN=C(N)N)NC(=O)[C@@H]1CCCN1C(=O)CCN1C(=O)C=CC1=O)C(=O)N[C@@H](Cc1ccc(O)cc1)C(=O)N[C@@H](CCCN=C(N)N)C(=O)N[C@@H](Cc1ccc(O)cc1)C(N)=O. The summed E-state index contributed by atoms with van der Waals surface area (Å²) in [6, 6.07) is 2.70. The van der Waals surface area contributed by atoms with E-state index < -0.39 is 101 Å². The van der Waals surface area contributed by atoms with Crippen LogP contribution in [0.2, 0.25) is 0 Å². The quantitative estimate of drug-likeness (QED) is 0.0143. The minimum atomic E-state index is -1.44. The lowest BCUT2D eigenvalue weighted by atomic mass is 9.99. The Morgan fingerprint density at radius 1 is 0.585 bits per heavy atom. The van der Waals surface area contributed by atoms with Crippen molar-refractivity contribution in [3.63, 3.8) is 0 Å². The third-order valence-corrected chi connectivity index (χ3v) is 13.4. The first-order valence-corrected chi connectivity index (χ1v) is 27.3. The van der Waals surface area contributed by atoms with Gasteiger partial charge in [-0.25, -0.2) is 0 Å². The van der Waals surface area contributed by atoms with Crippen LogP contribution >= 0.6 is 0 Å². The largest absolute Gasteiger partial charge is 0.508 e. The topological polar surface area (TPSA) is 471 Å². The first-order chi connectivity index (χ1) is 38.9. The van der Waals surface area contributed by atoms with E-state index in [1.807, 2.05) is 0 Å². The highest BCUT2D eigenvalue weighted by atomic mass is 16.3. The first kappa shape index (κ1) is 65.7. The molecule has 2 heterocycles. The number of likely N-dealkylation sites (tertiary alicyclic amines) is 1. The Labute approximate surface area is 475 Å². The highest BCUT2D eigenvalue weighted by molar-refractivity contribution is 6.13. The second-order valence-corrected chi connectivity index (χ2v) is 20.5. The van der Waals surface area contributed by atoms with Gasteiger partial charge in [-0.3, -0.25) is 62.8 Å². The molecule has 4 rings (SSSR count). The predicted octanol–water partition coefficient (Wildman–Crippen LogP) is -3.13. The summed E-state index contributed by atoms with van der Waals surface area (Å²) in [5.74, 6) is -7.96. The number of carbonyl (C=O) groups excluding carboxylic acids is 10. The number of primary amides is 1. The Morgan fingerprint density at radius 3 is 1.49 bits per heavy atom. The number of carbonyl (C=O) groups is 10. The van der Waals surface area contributed by atoms with Crippen LogP contribution in [-0.2, 0) is 60.8 Å². The second kappa shape index (κ2) is 33.1. The summed E-state index contributed by atoms with van der Waals surface area (Å²) in [4.78, 5) is 146. The number of unbranched alkanes of at least 4 members (excludes halogenated alkanes) is 1. The van der Waals surface area contributed by atoms with Gasteiger partial charge in [0.15, 0.2) is 11.9 Å². The van der Waals surface area contributed by atoms with Crippen LogP contribution in [0.25, 0.3) is 0 Å². The standard InChI is InChI=1S/C54H80N16O12/c1-31(2)28-40(50(80)68-41(30-33-14-18-35(72)19-15-33)51(81)64-37(9-5-24-61-53(57)58)48(78)66-39(46(56)76)29-32-12-16-34(71)17-13-32)67-49(79)36(8-3-4-23-55)63-47(77)38(10-6-25-62-54(59)60)65-52(82)42-11-7-26-69(42)45(75)22-27-70-43(73)20-21-44(70)74/h12-21,31,36-42,71-72H,3-11,22-30,55H2,1-2H3,(H2,56,76)(H,63,77)(H,64,81)(H,65,82)(H,66,78)(H,67,79)(H,68,80)(H4,57,58,61)(H4,59,60,62)/t36-,37-,38-,39-,40-,41-,42-/m0/s1. The molecule has 0 radical (unpaired) electrons. The summed E-state index contributed by atoms with van der Waals surface area (Å²) >= 11 is 0. The van der Waals surface area contributed by atoms with E-state index in [4.69, 9.17) is 34.4 Å². The van der Waals surface area contributed by atoms with Crippen molar-refractivity contribution in [2.75, 3.05) is 32.7 Å². The van der Waals surface area contributed by atoms with E-state index >= 15 is 0 Å². The molecule has 0 aliphatic carbocycles. The molecule has 20 N–H and O–H groups in total. The van der Waals surface area contributed by atoms with E-state index in [0.29, 0.717) is 30.4 Å². The lowest BCUT2D eigenvalue weighted by Crippen LogP contribution is -2.60. The van der Waals surface area contributed by atoms with E-state index in [0.717, 1.165) is 17.1 Å². The molecule has 28 heteroatoms. The predicted molar refractivity (Wildman–Crippen MR) is 302 cm³/mol. The van der Waals surface area contributed by atoms with Gasteiger partial charge in [0.1, 0.15) is 53.8 Å². The van der Waals surface area contributed by atoms with Gasteiger partial charge in [0.2, 0.25) is 47.3 Å². The van der Waals surface area contributed by atoms with Crippen LogP contribution in [0, 0.1) is 5.92 Å². The highest BCUT2D eigenvalue weighted by Gasteiger charge is 2.38. The zero-order valence-corrected chi connectivity index (χ0v) is 46.4. The number of aromatic hydroxyl groups is 2. The normalized spacial score (nSPS) is 16.0. The molecule has 1 fully saturated rings. The monoisotopic (exact) mass is 1140 g/mol. The fourth-order valence-electron chi connectivity index (χ4n) is 9.15. The van der Waals surface area contributed by atoms with Gasteiger partial charge in [0.05, 0.1) is 0 Å². The number of benzene rings is 2. The number of hydrogen-bond acceptors (Lipinski definition) is 15. The number of amides is 10. The molecule has 0 aromatic heterocycles. The zero-order valence-electron chi connectivity index (χ0n) is 46.4. The molecule has 2 aliphatic heterocycles. The van der Waals surface area contributed by atoms with Crippen LogP contribution in [0.5, 0.6) is 11.5 Å². The van der Waals surface area contributed by atoms with Crippen LogP contribution < -0.4 is 66.3 Å². The molecule has 2 aliphatic rings. The number of nitrogens with zero attached hydrogens (tertiary/aromatic N) is 4. The Balaban J connectivity index is 1.59. The Hall–Kier alpha value is -8.82. The van der Waals surface area contributed by atoms with E-state index in [-0.39, 0.29) is 126 Å². The van der Waals surface area contributed by atoms with Gasteiger partial charge < -0.3 is 81.4 Å². The lowest BCUT2D eigenvalue weighted by molar-refractivity contribution is -0.141. The van der Waals surface area contributed by atoms with Crippen molar-refractivity contribution in [1.29, 1.82) is 0 Å². The fourth-order valence-corrected chi connectivity index (χ4v) is 9.15. The second-order valence-electron chi connectivity index (χ2n) is 20.5. The molecule has 1 saturated heterocycles. The van der Waals surface area contributed by atoms with Gasteiger partial charge in [0, 0.05) is 57.6 Å². The Morgan fingerprint density at radius 2 is 1.01 bits per heavy atom. The van der Waals surface area contributed by atoms with E-state index in [1.54, 1.807) is 26.0 Å². The molecule has 82 heavy (non-hydrogen) atoms. The minimum absolute atomic E-state index is 0.0223. The molecule has 0 bridgehead atoms. The molecule has 0 spiro atoms. The van der Waals surface area contributed by atoms with Crippen molar-refractivity contribution in [3.05, 3.63) is 71.8 Å². The van der Waals surface area contributed by atoms with Crippen LogP contribution in [0.15, 0.2) is 70.7 Å². The summed E-state index contributed by atoms with van der Waals surface area (Å²) in [6.45, 7) is 3.97. The number of rotatable bonds is 34. The van der Waals surface area contributed by atoms with Crippen LogP contribution in [0.4, 0.5) is 0 Å². The molecule has 448 valence electrons. The third kappa shape index (κ3) is 22.0. The molecular formula is C54H80N16O12. The number of hydrogen-bond donors (Lipinski definition) is 14. The maximum atomic E-state index is 14.6. The number of imide groups is 1. The van der Waals surface area contributed by atoms with Crippen molar-refractivity contribution in [2.45, 2.75) is 140 Å². The summed E-state index contributed by atoms with van der Waals surface area (Å²) in [6.07, 6.45) is 3.53. The molecule has 0 unspecified atom stereocenters. The van der Waals surface area contributed by atoms with Crippen LogP contribution in [-0.4, -0.2) is 166 Å². The number of nitrogens with two attached hydrogens (primary N) is 6. The maximum Gasteiger partial charge on any atom is 0.253 e. The van der Waals surface area contributed by atoms with Crippen LogP contribution in [0.1, 0.15) is 95.6 Å². The van der Waals surface area contributed by atoms with Crippen LogP contribution in [0.3, 0.4) is 0 Å². The number of phenols is 2. The number of nitrogens with one attached hydrogen (secondary N) is 6. The van der Waals surface area contributed by atoms with Crippen molar-refractivity contribution >= 4 is 71.0 Å². The maximum absolute atomic E-state index is 14.6. The summed E-state index contributed by atoms with van der Waals surface area (Å²) in [5, 5.41) is 36.1. The van der Waals surface area contributed by atoms with Gasteiger partial charge in [-0.1, -0.05) is 38.1 Å². The molecule has 28 nitrogen and oxygen atoms in total. The Bertz CT molecular complexity index is 2620. The number of aliphatic imine (C=N–C) groups is 2. The average molecular weight is 1150 g/mol. The van der Waals surface area contributed by atoms with E-state index in [9.17, 15) is 58.2 Å².